The van der Waals surface area contributed by atoms with Crippen molar-refractivity contribution in [2.24, 2.45) is 0 Å². The zero-order valence-corrected chi connectivity index (χ0v) is 8.55. The second-order valence-electron chi connectivity index (χ2n) is 3.58. The van der Waals surface area contributed by atoms with Crippen LogP contribution in [0.5, 0.6) is 5.75 Å². The van der Waals surface area contributed by atoms with Gasteiger partial charge >= 0.3 is 0 Å². The first-order valence-corrected chi connectivity index (χ1v) is 5.08. The minimum absolute atomic E-state index is 0.580. The average Bonchev–Trinajstić information content (AvgIpc) is 2.70. The summed E-state index contributed by atoms with van der Waals surface area (Å²) in [6, 6.07) is 9.62. The number of benzene rings is 1. The van der Waals surface area contributed by atoms with Gasteiger partial charge in [0.15, 0.2) is 0 Å². The summed E-state index contributed by atoms with van der Waals surface area (Å²) < 4.78 is 7.49. The molecule has 1 aromatic carbocycles. The van der Waals surface area contributed by atoms with Crippen molar-refractivity contribution in [3.8, 4) is 23.1 Å². The van der Waals surface area contributed by atoms with Crippen LogP contribution in [0.2, 0.25) is 0 Å². The van der Waals surface area contributed by atoms with Gasteiger partial charge in [-0.2, -0.15) is 10.4 Å². The van der Waals surface area contributed by atoms with Crippen LogP contribution >= 0.6 is 0 Å². The minimum atomic E-state index is 0.580. The number of hydrogen-bond acceptors (Lipinski definition) is 3. The van der Waals surface area contributed by atoms with Crippen LogP contribution in [0.15, 0.2) is 30.5 Å². The molecule has 0 aliphatic carbocycles. The molecule has 2 heterocycles. The third kappa shape index (κ3) is 1.18. The molecular formula is C12H9N3O. The molecular weight excluding hydrogens is 202 g/mol. The van der Waals surface area contributed by atoms with E-state index in [0.717, 1.165) is 17.0 Å². The quantitative estimate of drug-likeness (QED) is 0.667. The molecule has 1 aliphatic heterocycles. The minimum Gasteiger partial charge on any atom is -0.491 e. The van der Waals surface area contributed by atoms with Crippen molar-refractivity contribution in [3.63, 3.8) is 0 Å². The molecule has 0 bridgehead atoms. The lowest BCUT2D eigenvalue weighted by Gasteiger charge is -2.07. The highest BCUT2D eigenvalue weighted by Gasteiger charge is 2.18. The molecule has 3 rings (SSSR count). The number of nitriles is 1. The van der Waals surface area contributed by atoms with Gasteiger partial charge in [0.2, 0.25) is 0 Å². The smallest absolute Gasteiger partial charge is 0.130 e. The number of nitrogens with zero attached hydrogens (tertiary/aromatic N) is 3. The summed E-state index contributed by atoms with van der Waals surface area (Å²) >= 11 is 0. The Labute approximate surface area is 92.7 Å². The number of rotatable bonds is 0. The Kier molecular flexibility index (Phi) is 1.90. The monoisotopic (exact) mass is 211 g/mol. The van der Waals surface area contributed by atoms with E-state index in [0.29, 0.717) is 18.7 Å². The van der Waals surface area contributed by atoms with E-state index in [1.54, 1.807) is 12.3 Å². The second kappa shape index (κ2) is 3.38. The summed E-state index contributed by atoms with van der Waals surface area (Å²) in [4.78, 5) is 0. The fourth-order valence-electron chi connectivity index (χ4n) is 1.97. The fraction of sp³-hybridized carbons (Fsp3) is 0.167. The van der Waals surface area contributed by atoms with Gasteiger partial charge < -0.3 is 4.74 Å². The lowest BCUT2D eigenvalue weighted by atomic mass is 10.0. The first kappa shape index (κ1) is 8.98. The molecule has 0 atom stereocenters. The molecule has 0 saturated carbocycles. The largest absolute Gasteiger partial charge is 0.491 e. The van der Waals surface area contributed by atoms with Gasteiger partial charge in [-0.05, 0) is 18.2 Å². The first-order valence-electron chi connectivity index (χ1n) is 5.08. The zero-order chi connectivity index (χ0) is 11.0. The number of hydrogen-bond donors (Lipinski definition) is 0. The summed E-state index contributed by atoms with van der Waals surface area (Å²) in [7, 11) is 0. The number of aromatic nitrogens is 2. The summed E-state index contributed by atoms with van der Waals surface area (Å²) in [5.74, 6) is 0.762. The Morgan fingerprint density at radius 2 is 2.31 bits per heavy atom. The third-order valence-corrected chi connectivity index (χ3v) is 2.68. The van der Waals surface area contributed by atoms with Crippen LogP contribution in [0, 0.1) is 11.3 Å². The van der Waals surface area contributed by atoms with E-state index in [2.05, 4.69) is 11.2 Å². The van der Waals surface area contributed by atoms with Gasteiger partial charge in [0, 0.05) is 6.20 Å². The van der Waals surface area contributed by atoms with E-state index in [4.69, 9.17) is 10.00 Å². The van der Waals surface area contributed by atoms with Crippen molar-refractivity contribution >= 4 is 0 Å². The Balaban J connectivity index is 2.34. The normalized spacial score (nSPS) is 12.9. The number of ether oxygens (including phenoxy) is 1. The van der Waals surface area contributed by atoms with E-state index < -0.39 is 0 Å². The molecule has 0 unspecified atom stereocenters. The topological polar surface area (TPSA) is 50.8 Å². The van der Waals surface area contributed by atoms with Crippen LogP contribution < -0.4 is 4.74 Å². The predicted molar refractivity (Wildman–Crippen MR) is 57.9 cm³/mol. The van der Waals surface area contributed by atoms with E-state index in [-0.39, 0.29) is 0 Å². The van der Waals surface area contributed by atoms with Crippen LogP contribution in [0.3, 0.4) is 0 Å². The molecule has 2 aromatic rings. The molecule has 78 valence electrons. The van der Waals surface area contributed by atoms with E-state index in [1.807, 2.05) is 22.9 Å². The van der Waals surface area contributed by atoms with Crippen LogP contribution in [0.4, 0.5) is 0 Å². The molecule has 4 heteroatoms. The lowest BCUT2D eigenvalue weighted by molar-refractivity contribution is 0.300. The van der Waals surface area contributed by atoms with Gasteiger partial charge in [0.25, 0.3) is 0 Å². The maximum absolute atomic E-state index is 9.11. The summed E-state index contributed by atoms with van der Waals surface area (Å²) in [5.41, 5.74) is 2.42. The first-order chi connectivity index (χ1) is 7.90. The molecule has 0 spiro atoms. The van der Waals surface area contributed by atoms with E-state index in [9.17, 15) is 0 Å². The van der Waals surface area contributed by atoms with Gasteiger partial charge in [-0.1, -0.05) is 6.07 Å². The Morgan fingerprint density at radius 1 is 1.38 bits per heavy atom. The third-order valence-electron chi connectivity index (χ3n) is 2.68. The van der Waals surface area contributed by atoms with Crippen LogP contribution in [0.1, 0.15) is 5.56 Å². The van der Waals surface area contributed by atoms with Crippen molar-refractivity contribution in [2.45, 2.75) is 6.54 Å². The number of fused-ring (bicyclic) bond motifs is 3. The summed E-state index contributed by atoms with van der Waals surface area (Å²) in [5, 5.41) is 13.3. The fourth-order valence-corrected chi connectivity index (χ4v) is 1.97. The Morgan fingerprint density at radius 3 is 3.19 bits per heavy atom. The molecule has 0 N–H and O–H groups in total. The molecule has 0 radical (unpaired) electrons. The SMILES string of the molecule is N#Cc1cccc2c1-c1ccnn1CCO2. The molecule has 4 nitrogen and oxygen atoms in total. The highest BCUT2D eigenvalue weighted by molar-refractivity contribution is 5.74. The van der Waals surface area contributed by atoms with Crippen LogP contribution in [-0.2, 0) is 6.54 Å². The highest BCUT2D eigenvalue weighted by Crippen LogP contribution is 2.34. The van der Waals surface area contributed by atoms with Gasteiger partial charge in [-0.3, -0.25) is 4.68 Å². The van der Waals surface area contributed by atoms with Crippen molar-refractivity contribution < 1.29 is 4.74 Å². The van der Waals surface area contributed by atoms with Crippen LogP contribution in [0.25, 0.3) is 11.3 Å². The van der Waals surface area contributed by atoms with Crippen molar-refractivity contribution in [1.29, 1.82) is 5.26 Å². The Hall–Kier alpha value is -2.28. The van der Waals surface area contributed by atoms with Crippen molar-refractivity contribution in [1.82, 2.24) is 9.78 Å². The molecule has 0 fully saturated rings. The van der Waals surface area contributed by atoms with Gasteiger partial charge in [-0.25, -0.2) is 0 Å². The van der Waals surface area contributed by atoms with E-state index in [1.165, 1.54) is 0 Å². The lowest BCUT2D eigenvalue weighted by Crippen LogP contribution is -2.06. The Bertz CT molecular complexity index is 580. The molecule has 0 saturated heterocycles. The highest BCUT2D eigenvalue weighted by atomic mass is 16.5. The maximum Gasteiger partial charge on any atom is 0.130 e. The predicted octanol–water partition coefficient (Wildman–Crippen LogP) is 1.81. The standard InChI is InChI=1S/C12H9N3O/c13-8-9-2-1-3-11-12(9)10-4-5-14-15(10)6-7-16-11/h1-5H,6-7H2. The molecule has 0 amide bonds. The maximum atomic E-state index is 9.11. The van der Waals surface area contributed by atoms with Crippen molar-refractivity contribution in [2.75, 3.05) is 6.61 Å². The van der Waals surface area contributed by atoms with Crippen molar-refractivity contribution in [3.05, 3.63) is 36.0 Å². The molecule has 16 heavy (non-hydrogen) atoms. The summed E-state index contributed by atoms with van der Waals surface area (Å²) in [6.45, 7) is 1.29. The average molecular weight is 211 g/mol. The van der Waals surface area contributed by atoms with Gasteiger partial charge in [-0.15, -0.1) is 0 Å². The molecule has 1 aromatic heterocycles. The summed E-state index contributed by atoms with van der Waals surface area (Å²) in [6.07, 6.45) is 1.75. The molecule has 1 aliphatic rings. The van der Waals surface area contributed by atoms with Gasteiger partial charge in [0.05, 0.1) is 29.4 Å². The zero-order valence-electron chi connectivity index (χ0n) is 8.55. The van der Waals surface area contributed by atoms with Crippen LogP contribution in [-0.4, -0.2) is 16.4 Å². The second-order valence-corrected chi connectivity index (χ2v) is 3.58. The van der Waals surface area contributed by atoms with E-state index >= 15 is 0 Å². The van der Waals surface area contributed by atoms with Gasteiger partial charge in [0.1, 0.15) is 12.4 Å².